The summed E-state index contributed by atoms with van der Waals surface area (Å²) in [5, 5.41) is 9.84. The number of pyridine rings is 1. The summed E-state index contributed by atoms with van der Waals surface area (Å²) in [5.74, 6) is -0.0598. The Labute approximate surface area is 142 Å². The summed E-state index contributed by atoms with van der Waals surface area (Å²) in [4.78, 5) is 28.7. The Morgan fingerprint density at radius 2 is 1.88 bits per heavy atom. The summed E-state index contributed by atoms with van der Waals surface area (Å²) in [6, 6.07) is 3.43. The molecule has 1 N–H and O–H groups in total. The van der Waals surface area contributed by atoms with Crippen molar-refractivity contribution in [3.8, 4) is 0 Å². The van der Waals surface area contributed by atoms with Crippen molar-refractivity contribution in [2.24, 2.45) is 7.05 Å². The predicted molar refractivity (Wildman–Crippen MR) is 92.2 cm³/mol. The third kappa shape index (κ3) is 3.54. The number of β-amino-alcohol motifs (C(OH)–C–C–N with tert-alkyl or cyclic N) is 1. The molecule has 0 saturated carbocycles. The molecular weight excluding hydrogens is 306 g/mol. The molecule has 0 radical (unpaired) electrons. The average molecular weight is 333 g/mol. The quantitative estimate of drug-likeness (QED) is 0.868. The molecule has 2 aliphatic heterocycles. The second-order valence-electron chi connectivity index (χ2n) is 7.09. The lowest BCUT2D eigenvalue weighted by Gasteiger charge is -2.41. The fraction of sp³-hybridized carbons (Fsp3) is 0.667. The number of aliphatic hydroxyl groups excluding tert-OH is 1. The molecule has 2 aliphatic rings. The molecule has 0 unspecified atom stereocenters. The highest BCUT2D eigenvalue weighted by Crippen LogP contribution is 2.22. The van der Waals surface area contributed by atoms with E-state index in [1.54, 1.807) is 10.6 Å². The van der Waals surface area contributed by atoms with Crippen molar-refractivity contribution in [3.05, 3.63) is 33.7 Å². The van der Waals surface area contributed by atoms with Gasteiger partial charge in [0.25, 0.3) is 5.91 Å². The van der Waals surface area contributed by atoms with Gasteiger partial charge in [0.2, 0.25) is 0 Å². The first-order valence-corrected chi connectivity index (χ1v) is 8.85. The van der Waals surface area contributed by atoms with Gasteiger partial charge in [0.05, 0.1) is 6.10 Å². The van der Waals surface area contributed by atoms with E-state index in [0.717, 1.165) is 44.5 Å². The second kappa shape index (κ2) is 7.07. The maximum atomic E-state index is 12.8. The van der Waals surface area contributed by atoms with Gasteiger partial charge in [-0.05, 0) is 39.2 Å². The third-order valence-corrected chi connectivity index (χ3v) is 5.44. The van der Waals surface area contributed by atoms with Crippen molar-refractivity contribution in [2.45, 2.75) is 44.8 Å². The highest BCUT2D eigenvalue weighted by Gasteiger charge is 2.30. The molecule has 0 spiro atoms. The molecule has 6 nitrogen and oxygen atoms in total. The van der Waals surface area contributed by atoms with Gasteiger partial charge in [-0.15, -0.1) is 0 Å². The molecule has 1 aromatic rings. The molecule has 1 amide bonds. The van der Waals surface area contributed by atoms with Crippen LogP contribution in [0.1, 0.15) is 41.9 Å². The molecule has 3 rings (SSSR count). The van der Waals surface area contributed by atoms with Crippen molar-refractivity contribution < 1.29 is 9.90 Å². The normalized spacial score (nSPS) is 23.5. The Kier molecular flexibility index (Phi) is 5.06. The van der Waals surface area contributed by atoms with Gasteiger partial charge < -0.3 is 14.6 Å². The summed E-state index contributed by atoms with van der Waals surface area (Å²) < 4.78 is 1.79. The summed E-state index contributed by atoms with van der Waals surface area (Å²) in [6.45, 7) is 5.05. The molecule has 1 aromatic heterocycles. The van der Waals surface area contributed by atoms with Gasteiger partial charge in [0, 0.05) is 50.6 Å². The van der Waals surface area contributed by atoms with Crippen molar-refractivity contribution in [1.29, 1.82) is 0 Å². The molecular formula is C18H27N3O3. The lowest BCUT2D eigenvalue weighted by Crippen LogP contribution is -2.50. The van der Waals surface area contributed by atoms with E-state index in [9.17, 15) is 14.7 Å². The van der Waals surface area contributed by atoms with E-state index in [1.165, 1.54) is 6.07 Å². The maximum Gasteiger partial charge on any atom is 0.270 e. The van der Waals surface area contributed by atoms with Gasteiger partial charge in [-0.25, -0.2) is 0 Å². The van der Waals surface area contributed by atoms with Crippen LogP contribution in [0.2, 0.25) is 0 Å². The van der Waals surface area contributed by atoms with Crippen LogP contribution in [-0.4, -0.2) is 63.7 Å². The molecule has 0 aliphatic carbocycles. The highest BCUT2D eigenvalue weighted by atomic mass is 16.3. The van der Waals surface area contributed by atoms with Crippen LogP contribution in [0, 0.1) is 6.92 Å². The lowest BCUT2D eigenvalue weighted by molar-refractivity contribution is 0.0238. The first-order chi connectivity index (χ1) is 11.5. The second-order valence-corrected chi connectivity index (χ2v) is 7.09. The monoisotopic (exact) mass is 333 g/mol. The Balaban J connectivity index is 1.64. The summed E-state index contributed by atoms with van der Waals surface area (Å²) in [7, 11) is 1.82. The molecule has 3 heterocycles. The number of piperidine rings is 2. The Hall–Kier alpha value is -1.66. The molecule has 1 atom stereocenters. The zero-order valence-electron chi connectivity index (χ0n) is 14.6. The Bertz CT molecular complexity index is 662. The van der Waals surface area contributed by atoms with Gasteiger partial charge in [-0.3, -0.25) is 14.5 Å². The molecule has 0 aromatic carbocycles. The minimum atomic E-state index is -0.208. The van der Waals surface area contributed by atoms with E-state index in [2.05, 4.69) is 4.90 Å². The van der Waals surface area contributed by atoms with E-state index in [4.69, 9.17) is 0 Å². The Morgan fingerprint density at radius 1 is 1.17 bits per heavy atom. The molecule has 2 saturated heterocycles. The fourth-order valence-electron chi connectivity index (χ4n) is 3.88. The predicted octanol–water partition coefficient (Wildman–Crippen LogP) is 0.755. The topological polar surface area (TPSA) is 65.8 Å². The first kappa shape index (κ1) is 17.2. The molecule has 132 valence electrons. The van der Waals surface area contributed by atoms with E-state index in [-0.39, 0.29) is 17.4 Å². The van der Waals surface area contributed by atoms with Gasteiger partial charge >= 0.3 is 0 Å². The van der Waals surface area contributed by atoms with Crippen LogP contribution in [0.25, 0.3) is 0 Å². The van der Waals surface area contributed by atoms with E-state index in [0.29, 0.717) is 24.8 Å². The van der Waals surface area contributed by atoms with Crippen molar-refractivity contribution in [3.63, 3.8) is 0 Å². The number of aromatic nitrogens is 1. The fourth-order valence-corrected chi connectivity index (χ4v) is 3.88. The number of rotatable bonds is 2. The van der Waals surface area contributed by atoms with Gasteiger partial charge in [-0.2, -0.15) is 0 Å². The summed E-state index contributed by atoms with van der Waals surface area (Å²) >= 11 is 0. The van der Waals surface area contributed by atoms with Gasteiger partial charge in [0.1, 0.15) is 5.69 Å². The van der Waals surface area contributed by atoms with Crippen LogP contribution in [0.3, 0.4) is 0 Å². The van der Waals surface area contributed by atoms with Crippen LogP contribution in [0.15, 0.2) is 16.9 Å². The van der Waals surface area contributed by atoms with E-state index in [1.807, 2.05) is 18.9 Å². The van der Waals surface area contributed by atoms with Crippen LogP contribution >= 0.6 is 0 Å². The maximum absolute atomic E-state index is 12.8. The number of hydrogen-bond acceptors (Lipinski definition) is 4. The molecule has 6 heteroatoms. The number of likely N-dealkylation sites (tertiary alicyclic amines) is 2. The van der Waals surface area contributed by atoms with Crippen LogP contribution in [-0.2, 0) is 7.05 Å². The van der Waals surface area contributed by atoms with E-state index >= 15 is 0 Å². The standard InChI is InChI=1S/C18H27N3O3/c1-13-10-16(23)11-17(19(13)2)18(24)20-8-5-14(6-9-20)21-7-3-4-15(22)12-21/h10-11,14-15,22H,3-9,12H2,1-2H3/t15-/m0/s1. The average Bonchev–Trinajstić information content (AvgIpc) is 2.57. The SMILES string of the molecule is Cc1cc(=O)cc(C(=O)N2CCC(N3CCC[C@H](O)C3)CC2)n1C. The first-order valence-electron chi connectivity index (χ1n) is 8.85. The van der Waals surface area contributed by atoms with E-state index < -0.39 is 0 Å². The Morgan fingerprint density at radius 3 is 2.54 bits per heavy atom. The van der Waals surface area contributed by atoms with Crippen LogP contribution in [0.4, 0.5) is 0 Å². The van der Waals surface area contributed by atoms with Crippen LogP contribution in [0.5, 0.6) is 0 Å². The molecule has 2 fully saturated rings. The minimum Gasteiger partial charge on any atom is -0.392 e. The minimum absolute atomic E-state index is 0.0598. The van der Waals surface area contributed by atoms with Crippen molar-refractivity contribution >= 4 is 5.91 Å². The number of aliphatic hydroxyl groups is 1. The van der Waals surface area contributed by atoms with Gasteiger partial charge in [0.15, 0.2) is 5.43 Å². The zero-order chi connectivity index (χ0) is 17.3. The number of hydrogen-bond donors (Lipinski definition) is 1. The lowest BCUT2D eigenvalue weighted by atomic mass is 9.98. The van der Waals surface area contributed by atoms with Crippen molar-refractivity contribution in [1.82, 2.24) is 14.4 Å². The number of nitrogens with zero attached hydrogens (tertiary/aromatic N) is 3. The number of amides is 1. The highest BCUT2D eigenvalue weighted by molar-refractivity contribution is 5.92. The molecule has 0 bridgehead atoms. The molecule has 24 heavy (non-hydrogen) atoms. The number of carbonyl (C=O) groups is 1. The van der Waals surface area contributed by atoms with Crippen molar-refractivity contribution in [2.75, 3.05) is 26.2 Å². The summed E-state index contributed by atoms with van der Waals surface area (Å²) in [6.07, 6.45) is 3.59. The smallest absolute Gasteiger partial charge is 0.270 e. The third-order valence-electron chi connectivity index (χ3n) is 5.44. The zero-order valence-corrected chi connectivity index (χ0v) is 14.6. The van der Waals surface area contributed by atoms with Crippen LogP contribution < -0.4 is 5.43 Å². The largest absolute Gasteiger partial charge is 0.392 e. The summed E-state index contributed by atoms with van der Waals surface area (Å²) in [5.41, 5.74) is 1.14. The number of carbonyl (C=O) groups excluding carboxylic acids is 1. The van der Waals surface area contributed by atoms with Gasteiger partial charge in [-0.1, -0.05) is 0 Å². The number of aryl methyl sites for hydroxylation is 1.